The number of carbonyl (C=O) groups is 1. The standard InChI is InChI=1S/C17H22ClN3O2/c1-4-21-15(9-14(20-21)11(2)3)17(23)19-10-16(22)12-7-5-6-8-13(12)18/h5-9,11,16,22H,4,10H2,1-3H3,(H,19,23)/t16-/m1/s1. The molecular weight excluding hydrogens is 314 g/mol. The molecule has 0 radical (unpaired) electrons. The molecule has 0 spiro atoms. The van der Waals surface area contributed by atoms with E-state index >= 15 is 0 Å². The Balaban J connectivity index is 2.06. The molecule has 0 saturated carbocycles. The number of rotatable bonds is 6. The molecule has 2 N–H and O–H groups in total. The highest BCUT2D eigenvalue weighted by atomic mass is 35.5. The van der Waals surface area contributed by atoms with Crippen LogP contribution in [0.4, 0.5) is 0 Å². The van der Waals surface area contributed by atoms with Crippen LogP contribution in [0.15, 0.2) is 30.3 Å². The van der Waals surface area contributed by atoms with Gasteiger partial charge in [0.05, 0.1) is 11.8 Å². The number of aromatic nitrogens is 2. The van der Waals surface area contributed by atoms with Crippen LogP contribution in [0.1, 0.15) is 54.5 Å². The number of aliphatic hydroxyl groups excluding tert-OH is 1. The molecule has 5 nitrogen and oxygen atoms in total. The average molecular weight is 336 g/mol. The van der Waals surface area contributed by atoms with Crippen molar-refractivity contribution in [2.24, 2.45) is 0 Å². The second kappa shape index (κ2) is 7.62. The highest BCUT2D eigenvalue weighted by molar-refractivity contribution is 6.31. The van der Waals surface area contributed by atoms with Crippen molar-refractivity contribution in [2.45, 2.75) is 39.3 Å². The Bertz CT molecular complexity index is 682. The minimum Gasteiger partial charge on any atom is -0.387 e. The van der Waals surface area contributed by atoms with Crippen LogP contribution in [0.5, 0.6) is 0 Å². The molecule has 1 aromatic heterocycles. The van der Waals surface area contributed by atoms with E-state index in [1.165, 1.54) is 0 Å². The molecule has 0 fully saturated rings. The highest BCUT2D eigenvalue weighted by Crippen LogP contribution is 2.22. The number of aliphatic hydroxyl groups is 1. The van der Waals surface area contributed by atoms with Gasteiger partial charge in [-0.2, -0.15) is 5.10 Å². The number of amides is 1. The number of aryl methyl sites for hydroxylation is 1. The lowest BCUT2D eigenvalue weighted by molar-refractivity contribution is 0.0906. The number of carbonyl (C=O) groups excluding carboxylic acids is 1. The molecule has 1 amide bonds. The summed E-state index contributed by atoms with van der Waals surface area (Å²) in [5, 5.41) is 17.8. The van der Waals surface area contributed by atoms with Gasteiger partial charge >= 0.3 is 0 Å². The van der Waals surface area contributed by atoms with Crippen molar-refractivity contribution in [3.05, 3.63) is 52.3 Å². The fourth-order valence-electron chi connectivity index (χ4n) is 2.28. The van der Waals surface area contributed by atoms with Gasteiger partial charge in [-0.1, -0.05) is 43.6 Å². The van der Waals surface area contributed by atoms with Gasteiger partial charge in [0.15, 0.2) is 0 Å². The second-order valence-electron chi connectivity index (χ2n) is 5.67. The van der Waals surface area contributed by atoms with Gasteiger partial charge in [-0.15, -0.1) is 0 Å². The molecule has 0 aliphatic heterocycles. The number of nitrogens with one attached hydrogen (secondary N) is 1. The summed E-state index contributed by atoms with van der Waals surface area (Å²) in [7, 11) is 0. The van der Waals surface area contributed by atoms with Crippen LogP contribution >= 0.6 is 11.6 Å². The van der Waals surface area contributed by atoms with Crippen molar-refractivity contribution in [3.63, 3.8) is 0 Å². The molecule has 0 unspecified atom stereocenters. The summed E-state index contributed by atoms with van der Waals surface area (Å²) in [6, 6.07) is 8.85. The van der Waals surface area contributed by atoms with Crippen molar-refractivity contribution in [1.29, 1.82) is 0 Å². The van der Waals surface area contributed by atoms with Gasteiger partial charge in [0.25, 0.3) is 5.91 Å². The summed E-state index contributed by atoms with van der Waals surface area (Å²) >= 11 is 6.05. The SMILES string of the molecule is CCn1nc(C(C)C)cc1C(=O)NC[C@@H](O)c1ccccc1Cl. The minimum absolute atomic E-state index is 0.0917. The smallest absolute Gasteiger partial charge is 0.269 e. The number of hydrogen-bond acceptors (Lipinski definition) is 3. The Morgan fingerprint density at radius 1 is 1.39 bits per heavy atom. The number of nitrogens with zero attached hydrogens (tertiary/aromatic N) is 2. The molecule has 0 saturated heterocycles. The summed E-state index contributed by atoms with van der Waals surface area (Å²) in [5.74, 6) is 0.000388. The average Bonchev–Trinajstić information content (AvgIpc) is 2.97. The molecule has 2 rings (SSSR count). The van der Waals surface area contributed by atoms with Crippen molar-refractivity contribution in [1.82, 2.24) is 15.1 Å². The van der Waals surface area contributed by atoms with Gasteiger partial charge in [-0.25, -0.2) is 0 Å². The summed E-state index contributed by atoms with van der Waals surface area (Å²) in [6.45, 7) is 6.71. The molecular formula is C17H22ClN3O2. The van der Waals surface area contributed by atoms with E-state index in [0.29, 0.717) is 22.8 Å². The Morgan fingerprint density at radius 3 is 2.70 bits per heavy atom. The van der Waals surface area contributed by atoms with E-state index in [1.54, 1.807) is 35.0 Å². The zero-order valence-electron chi connectivity index (χ0n) is 13.6. The molecule has 0 bridgehead atoms. The summed E-state index contributed by atoms with van der Waals surface area (Å²) in [5.41, 5.74) is 1.98. The zero-order valence-corrected chi connectivity index (χ0v) is 14.3. The number of halogens is 1. The summed E-state index contributed by atoms with van der Waals surface area (Å²) in [6.07, 6.45) is -0.852. The molecule has 0 aliphatic carbocycles. The molecule has 0 aliphatic rings. The van der Waals surface area contributed by atoms with Crippen molar-refractivity contribution < 1.29 is 9.90 Å². The third-order valence-electron chi connectivity index (χ3n) is 3.64. The lowest BCUT2D eigenvalue weighted by Crippen LogP contribution is -2.30. The van der Waals surface area contributed by atoms with E-state index in [2.05, 4.69) is 10.4 Å². The quantitative estimate of drug-likeness (QED) is 0.852. The zero-order chi connectivity index (χ0) is 17.0. The third kappa shape index (κ3) is 4.12. The Kier molecular flexibility index (Phi) is 5.80. The molecule has 23 heavy (non-hydrogen) atoms. The molecule has 1 aromatic carbocycles. The monoisotopic (exact) mass is 335 g/mol. The fraction of sp³-hybridized carbons (Fsp3) is 0.412. The van der Waals surface area contributed by atoms with Gasteiger partial charge < -0.3 is 10.4 Å². The van der Waals surface area contributed by atoms with Gasteiger partial charge in [0, 0.05) is 23.7 Å². The van der Waals surface area contributed by atoms with Crippen molar-refractivity contribution in [3.8, 4) is 0 Å². The van der Waals surface area contributed by atoms with Crippen LogP contribution in [0.2, 0.25) is 5.02 Å². The van der Waals surface area contributed by atoms with Crippen LogP contribution in [0, 0.1) is 0 Å². The van der Waals surface area contributed by atoms with Crippen LogP contribution in [-0.4, -0.2) is 27.3 Å². The third-order valence-corrected chi connectivity index (χ3v) is 3.99. The lowest BCUT2D eigenvalue weighted by Gasteiger charge is -2.13. The first-order chi connectivity index (χ1) is 10.9. The van der Waals surface area contributed by atoms with Gasteiger partial charge in [0.1, 0.15) is 5.69 Å². The van der Waals surface area contributed by atoms with E-state index in [-0.39, 0.29) is 18.4 Å². The predicted molar refractivity (Wildman–Crippen MR) is 90.7 cm³/mol. The van der Waals surface area contributed by atoms with E-state index < -0.39 is 6.10 Å². The molecule has 1 atom stereocenters. The maximum atomic E-state index is 12.4. The largest absolute Gasteiger partial charge is 0.387 e. The summed E-state index contributed by atoms with van der Waals surface area (Å²) < 4.78 is 1.67. The highest BCUT2D eigenvalue weighted by Gasteiger charge is 2.18. The fourth-order valence-corrected chi connectivity index (χ4v) is 2.54. The first kappa shape index (κ1) is 17.5. The molecule has 124 valence electrons. The van der Waals surface area contributed by atoms with Gasteiger partial charge in [-0.3, -0.25) is 9.48 Å². The predicted octanol–water partition coefficient (Wildman–Crippen LogP) is 3.14. The number of benzene rings is 1. The van der Waals surface area contributed by atoms with E-state index in [4.69, 9.17) is 11.6 Å². The first-order valence-electron chi connectivity index (χ1n) is 7.72. The molecule has 6 heteroatoms. The van der Waals surface area contributed by atoms with Crippen LogP contribution in [-0.2, 0) is 6.54 Å². The van der Waals surface area contributed by atoms with E-state index in [0.717, 1.165) is 5.69 Å². The van der Waals surface area contributed by atoms with Crippen LogP contribution in [0.25, 0.3) is 0 Å². The minimum atomic E-state index is -0.852. The second-order valence-corrected chi connectivity index (χ2v) is 6.08. The van der Waals surface area contributed by atoms with Gasteiger partial charge in [0.2, 0.25) is 0 Å². The maximum Gasteiger partial charge on any atom is 0.269 e. The maximum absolute atomic E-state index is 12.4. The Labute approximate surface area is 141 Å². The van der Waals surface area contributed by atoms with Crippen LogP contribution < -0.4 is 5.32 Å². The van der Waals surface area contributed by atoms with E-state index in [9.17, 15) is 9.90 Å². The molecule has 2 aromatic rings. The Hall–Kier alpha value is -1.85. The first-order valence-corrected chi connectivity index (χ1v) is 8.10. The normalized spacial score (nSPS) is 12.4. The van der Waals surface area contributed by atoms with Crippen molar-refractivity contribution >= 4 is 17.5 Å². The van der Waals surface area contributed by atoms with Crippen molar-refractivity contribution in [2.75, 3.05) is 6.54 Å². The Morgan fingerprint density at radius 2 is 2.09 bits per heavy atom. The van der Waals surface area contributed by atoms with Crippen LogP contribution in [0.3, 0.4) is 0 Å². The number of hydrogen-bond donors (Lipinski definition) is 2. The van der Waals surface area contributed by atoms with Gasteiger partial charge in [-0.05, 0) is 25.0 Å². The molecule has 1 heterocycles. The topological polar surface area (TPSA) is 67.2 Å². The lowest BCUT2D eigenvalue weighted by atomic mass is 10.1. The van der Waals surface area contributed by atoms with E-state index in [1.807, 2.05) is 20.8 Å². The summed E-state index contributed by atoms with van der Waals surface area (Å²) in [4.78, 5) is 12.4.